The van der Waals surface area contributed by atoms with Gasteiger partial charge in [-0.15, -0.1) is 11.8 Å². The molecule has 0 spiro atoms. The van der Waals surface area contributed by atoms with E-state index < -0.39 is 11.9 Å². The second-order valence-corrected chi connectivity index (χ2v) is 8.43. The van der Waals surface area contributed by atoms with Crippen molar-refractivity contribution in [2.45, 2.75) is 38.6 Å². The van der Waals surface area contributed by atoms with Gasteiger partial charge in [0.05, 0.1) is 12.9 Å². The molecule has 0 aliphatic heterocycles. The van der Waals surface area contributed by atoms with Gasteiger partial charge in [0.1, 0.15) is 17.6 Å². The van der Waals surface area contributed by atoms with Crippen LogP contribution in [-0.2, 0) is 21.9 Å². The Morgan fingerprint density at radius 3 is 2.68 bits per heavy atom. The van der Waals surface area contributed by atoms with Gasteiger partial charge in [0.25, 0.3) is 0 Å². The molecule has 0 heterocycles. The van der Waals surface area contributed by atoms with Gasteiger partial charge in [-0.05, 0) is 43.2 Å². The van der Waals surface area contributed by atoms with Crippen LogP contribution < -0.4 is 10.1 Å². The molecule has 8 heteroatoms. The van der Waals surface area contributed by atoms with Crippen LogP contribution in [0.1, 0.15) is 31.4 Å². The van der Waals surface area contributed by atoms with Gasteiger partial charge >= 0.3 is 0 Å². The zero-order valence-electron chi connectivity index (χ0n) is 18.0. The number of rotatable bonds is 11. The number of ether oxygens (including phenoxy) is 1. The van der Waals surface area contributed by atoms with Crippen LogP contribution in [-0.4, -0.2) is 42.2 Å². The van der Waals surface area contributed by atoms with Crippen LogP contribution in [0.5, 0.6) is 5.75 Å². The predicted octanol–water partition coefficient (Wildman–Crippen LogP) is 4.66. The number of carbonyl (C=O) groups excluding carboxylic acids is 2. The van der Waals surface area contributed by atoms with Crippen LogP contribution >= 0.6 is 23.4 Å². The van der Waals surface area contributed by atoms with Gasteiger partial charge in [-0.25, -0.2) is 4.39 Å². The molecular formula is C23H28ClFN2O3S. The number of amides is 2. The third-order valence-electron chi connectivity index (χ3n) is 4.74. The van der Waals surface area contributed by atoms with Crippen LogP contribution in [0.4, 0.5) is 4.39 Å². The van der Waals surface area contributed by atoms with E-state index in [1.165, 1.54) is 22.7 Å². The first-order valence-corrected chi connectivity index (χ1v) is 11.6. The lowest BCUT2D eigenvalue weighted by molar-refractivity contribution is -0.138. The first-order chi connectivity index (χ1) is 14.9. The molecule has 0 aliphatic carbocycles. The highest BCUT2D eigenvalue weighted by Crippen LogP contribution is 2.24. The molecule has 0 aromatic heterocycles. The number of nitrogens with one attached hydrogen (secondary N) is 1. The van der Waals surface area contributed by atoms with Crippen LogP contribution in [0.3, 0.4) is 0 Å². The van der Waals surface area contributed by atoms with E-state index in [2.05, 4.69) is 5.32 Å². The fourth-order valence-electron chi connectivity index (χ4n) is 2.94. The number of thioether (sulfide) groups is 1. The molecular weight excluding hydrogens is 439 g/mol. The van der Waals surface area contributed by atoms with E-state index in [-0.39, 0.29) is 29.9 Å². The Bertz CT molecular complexity index is 877. The fraction of sp³-hybridized carbons (Fsp3) is 0.391. The van der Waals surface area contributed by atoms with Crippen LogP contribution in [0.2, 0.25) is 5.02 Å². The molecule has 0 radical (unpaired) electrons. The van der Waals surface area contributed by atoms with E-state index in [0.717, 1.165) is 12.0 Å². The Hall–Kier alpha value is -2.25. The van der Waals surface area contributed by atoms with Crippen LogP contribution in [0.25, 0.3) is 0 Å². The molecule has 31 heavy (non-hydrogen) atoms. The molecule has 1 unspecified atom stereocenters. The summed E-state index contributed by atoms with van der Waals surface area (Å²) in [4.78, 5) is 27.1. The summed E-state index contributed by atoms with van der Waals surface area (Å²) < 4.78 is 19.2. The molecule has 1 atom stereocenters. The zero-order chi connectivity index (χ0) is 22.8. The van der Waals surface area contributed by atoms with Crippen molar-refractivity contribution < 1.29 is 18.7 Å². The van der Waals surface area contributed by atoms with Crippen molar-refractivity contribution in [2.24, 2.45) is 0 Å². The average molecular weight is 467 g/mol. The maximum atomic E-state index is 14.0. The van der Waals surface area contributed by atoms with E-state index >= 15 is 0 Å². The molecule has 2 amide bonds. The third-order valence-corrected chi connectivity index (χ3v) is 6.04. The van der Waals surface area contributed by atoms with Crippen molar-refractivity contribution in [2.75, 3.05) is 19.4 Å². The summed E-state index contributed by atoms with van der Waals surface area (Å²) in [5.41, 5.74) is 1.22. The topological polar surface area (TPSA) is 58.6 Å². The first-order valence-electron chi connectivity index (χ1n) is 10.1. The van der Waals surface area contributed by atoms with Gasteiger partial charge in [0, 0.05) is 29.4 Å². The van der Waals surface area contributed by atoms with Gasteiger partial charge in [0.2, 0.25) is 11.8 Å². The van der Waals surface area contributed by atoms with Gasteiger partial charge < -0.3 is 15.0 Å². The first kappa shape index (κ1) is 25.0. The summed E-state index contributed by atoms with van der Waals surface area (Å²) in [5, 5.41) is 3.18. The number of nitrogens with zero attached hydrogens (tertiary/aromatic N) is 1. The van der Waals surface area contributed by atoms with Gasteiger partial charge in [0.15, 0.2) is 0 Å². The van der Waals surface area contributed by atoms with E-state index in [1.54, 1.807) is 26.2 Å². The summed E-state index contributed by atoms with van der Waals surface area (Å²) in [5.74, 6) is 0.227. The lowest BCUT2D eigenvalue weighted by Crippen LogP contribution is -2.48. The fourth-order valence-corrected chi connectivity index (χ4v) is 4.19. The lowest BCUT2D eigenvalue weighted by atomic mass is 10.1. The average Bonchev–Trinajstić information content (AvgIpc) is 2.77. The highest BCUT2D eigenvalue weighted by molar-refractivity contribution is 7.99. The monoisotopic (exact) mass is 466 g/mol. The van der Waals surface area contributed by atoms with Crippen molar-refractivity contribution in [1.82, 2.24) is 10.2 Å². The maximum Gasteiger partial charge on any atom is 0.242 e. The summed E-state index contributed by atoms with van der Waals surface area (Å²) in [6.45, 7) is 4.48. The quantitative estimate of drug-likeness (QED) is 0.523. The molecule has 168 valence electrons. The van der Waals surface area contributed by atoms with E-state index in [0.29, 0.717) is 22.9 Å². The molecule has 0 bridgehead atoms. The SMILES string of the molecule is CCCNC(=O)C(C)N(Cc1cccc(OC)c1)C(=O)CSCc1c(F)cccc1Cl. The Morgan fingerprint density at radius 1 is 1.26 bits per heavy atom. The molecule has 0 aliphatic rings. The standard InChI is InChI=1S/C23H28ClFN2O3S/c1-4-11-26-23(29)16(2)27(13-17-7-5-8-18(12-17)30-3)22(28)15-31-14-19-20(24)9-6-10-21(19)25/h5-10,12,16H,4,11,13-15H2,1-3H3,(H,26,29). The van der Waals surface area contributed by atoms with E-state index in [1.807, 2.05) is 31.2 Å². The summed E-state index contributed by atoms with van der Waals surface area (Å²) >= 11 is 7.33. The summed E-state index contributed by atoms with van der Waals surface area (Å²) in [6.07, 6.45) is 0.807. The Labute approximate surface area is 192 Å². The normalized spacial score (nSPS) is 11.6. The van der Waals surface area contributed by atoms with Crippen LogP contribution in [0.15, 0.2) is 42.5 Å². The molecule has 1 N–H and O–H groups in total. The van der Waals surface area contributed by atoms with Crippen molar-refractivity contribution in [3.63, 3.8) is 0 Å². The molecule has 2 rings (SSSR count). The van der Waals surface area contributed by atoms with Crippen molar-refractivity contribution in [3.05, 3.63) is 64.4 Å². The number of hydrogen-bond donors (Lipinski definition) is 1. The number of benzene rings is 2. The minimum absolute atomic E-state index is 0.0973. The minimum atomic E-state index is -0.650. The number of carbonyl (C=O) groups is 2. The van der Waals surface area contributed by atoms with Crippen LogP contribution in [0, 0.1) is 5.82 Å². The number of hydrogen-bond acceptors (Lipinski definition) is 4. The molecule has 2 aromatic carbocycles. The van der Waals surface area contributed by atoms with Crippen molar-refractivity contribution in [3.8, 4) is 5.75 Å². The second-order valence-electron chi connectivity index (χ2n) is 7.03. The van der Waals surface area contributed by atoms with Crippen molar-refractivity contribution >= 4 is 35.2 Å². The molecule has 0 saturated heterocycles. The lowest BCUT2D eigenvalue weighted by Gasteiger charge is -2.29. The van der Waals surface area contributed by atoms with Gasteiger partial charge in [-0.3, -0.25) is 9.59 Å². The van der Waals surface area contributed by atoms with Gasteiger partial charge in [-0.1, -0.05) is 36.7 Å². The zero-order valence-corrected chi connectivity index (χ0v) is 19.6. The maximum absolute atomic E-state index is 14.0. The second kappa shape index (κ2) is 12.6. The largest absolute Gasteiger partial charge is 0.497 e. The van der Waals surface area contributed by atoms with Crippen molar-refractivity contribution in [1.29, 1.82) is 0 Å². The Kier molecular flexibility index (Phi) is 10.1. The van der Waals surface area contributed by atoms with E-state index in [4.69, 9.17) is 16.3 Å². The smallest absolute Gasteiger partial charge is 0.242 e. The van der Waals surface area contributed by atoms with Gasteiger partial charge in [-0.2, -0.15) is 0 Å². The number of methoxy groups -OCH3 is 1. The highest BCUT2D eigenvalue weighted by Gasteiger charge is 2.26. The summed E-state index contributed by atoms with van der Waals surface area (Å²) in [7, 11) is 1.58. The molecule has 2 aromatic rings. The third kappa shape index (κ3) is 7.43. The Balaban J connectivity index is 2.11. The highest BCUT2D eigenvalue weighted by atomic mass is 35.5. The predicted molar refractivity (Wildman–Crippen MR) is 124 cm³/mol. The summed E-state index contributed by atoms with van der Waals surface area (Å²) in [6, 6.07) is 11.2. The minimum Gasteiger partial charge on any atom is -0.497 e. The molecule has 0 saturated carbocycles. The Morgan fingerprint density at radius 2 is 2.00 bits per heavy atom. The van der Waals surface area contributed by atoms with E-state index in [9.17, 15) is 14.0 Å². The number of halogens is 2. The molecule has 5 nitrogen and oxygen atoms in total. The molecule has 0 fully saturated rings.